The van der Waals surface area contributed by atoms with Crippen molar-refractivity contribution in [1.29, 1.82) is 0 Å². The summed E-state index contributed by atoms with van der Waals surface area (Å²) >= 11 is 0. The number of aliphatic imine (C=N–C) groups is 1. The number of aromatic amines is 1. The van der Waals surface area contributed by atoms with Gasteiger partial charge < -0.3 is 15.4 Å². The standard InChI is InChI=1S/C20H30N6O/c1-4-21-20(23-16-9-5-14(2)6-10-16)22-13-18-24-19(26-25-18)15-7-11-17(27-3)12-8-15/h7-8,11-12,14,16H,4-6,9-10,13H2,1-3H3,(H2,21,22,23)(H,24,25,26). The summed E-state index contributed by atoms with van der Waals surface area (Å²) < 4.78 is 5.19. The summed E-state index contributed by atoms with van der Waals surface area (Å²) in [6.45, 7) is 5.71. The third kappa shape index (κ3) is 5.45. The zero-order valence-corrected chi connectivity index (χ0v) is 16.5. The first-order chi connectivity index (χ1) is 13.2. The highest BCUT2D eigenvalue weighted by atomic mass is 16.5. The fourth-order valence-corrected chi connectivity index (χ4v) is 3.31. The van der Waals surface area contributed by atoms with Gasteiger partial charge in [0.1, 0.15) is 18.1 Å². The molecule has 0 atom stereocenters. The number of guanidine groups is 1. The maximum atomic E-state index is 5.19. The van der Waals surface area contributed by atoms with Gasteiger partial charge in [0.15, 0.2) is 11.8 Å². The van der Waals surface area contributed by atoms with Gasteiger partial charge >= 0.3 is 0 Å². The van der Waals surface area contributed by atoms with Crippen LogP contribution < -0.4 is 15.4 Å². The van der Waals surface area contributed by atoms with Crippen LogP contribution in [0.3, 0.4) is 0 Å². The molecule has 1 aromatic carbocycles. The van der Waals surface area contributed by atoms with Crippen molar-refractivity contribution < 1.29 is 4.74 Å². The van der Waals surface area contributed by atoms with Gasteiger partial charge in [0.25, 0.3) is 0 Å². The maximum Gasteiger partial charge on any atom is 0.191 e. The van der Waals surface area contributed by atoms with Crippen LogP contribution in [0.15, 0.2) is 29.3 Å². The molecule has 1 aliphatic rings. The fourth-order valence-electron chi connectivity index (χ4n) is 3.31. The molecule has 2 aromatic rings. The second-order valence-electron chi connectivity index (χ2n) is 7.13. The minimum atomic E-state index is 0.460. The van der Waals surface area contributed by atoms with E-state index >= 15 is 0 Å². The predicted molar refractivity (Wildman–Crippen MR) is 108 cm³/mol. The number of aromatic nitrogens is 3. The number of hydrogen-bond acceptors (Lipinski definition) is 4. The van der Waals surface area contributed by atoms with Crippen molar-refractivity contribution in [3.8, 4) is 17.1 Å². The molecule has 1 aliphatic carbocycles. The van der Waals surface area contributed by atoms with Crippen LogP contribution in [-0.4, -0.2) is 40.8 Å². The predicted octanol–water partition coefficient (Wildman–Crippen LogP) is 3.11. The second-order valence-corrected chi connectivity index (χ2v) is 7.13. The smallest absolute Gasteiger partial charge is 0.191 e. The van der Waals surface area contributed by atoms with E-state index in [0.29, 0.717) is 18.4 Å². The second kappa shape index (κ2) is 9.39. The van der Waals surface area contributed by atoms with Gasteiger partial charge in [0, 0.05) is 18.2 Å². The third-order valence-electron chi connectivity index (χ3n) is 4.97. The van der Waals surface area contributed by atoms with Crippen LogP contribution in [0.4, 0.5) is 0 Å². The Hall–Kier alpha value is -2.57. The lowest BCUT2D eigenvalue weighted by Crippen LogP contribution is -2.44. The number of H-pyrrole nitrogens is 1. The lowest BCUT2D eigenvalue weighted by Gasteiger charge is -2.28. The summed E-state index contributed by atoms with van der Waals surface area (Å²) in [5.41, 5.74) is 0.948. The maximum absolute atomic E-state index is 5.19. The van der Waals surface area contributed by atoms with E-state index in [0.717, 1.165) is 35.6 Å². The van der Waals surface area contributed by atoms with Gasteiger partial charge in [-0.05, 0) is 62.8 Å². The van der Waals surface area contributed by atoms with E-state index in [4.69, 9.17) is 4.74 Å². The van der Waals surface area contributed by atoms with E-state index in [9.17, 15) is 0 Å². The Morgan fingerprint density at radius 3 is 2.63 bits per heavy atom. The van der Waals surface area contributed by atoms with Crippen LogP contribution in [0.5, 0.6) is 5.75 Å². The van der Waals surface area contributed by atoms with Crippen LogP contribution in [0.2, 0.25) is 0 Å². The highest BCUT2D eigenvalue weighted by molar-refractivity contribution is 5.80. The zero-order valence-electron chi connectivity index (χ0n) is 16.5. The van der Waals surface area contributed by atoms with Gasteiger partial charge in [0.05, 0.1) is 7.11 Å². The van der Waals surface area contributed by atoms with Gasteiger partial charge in [-0.1, -0.05) is 6.92 Å². The Balaban J connectivity index is 1.61. The fraction of sp³-hybridized carbons (Fsp3) is 0.550. The molecule has 27 heavy (non-hydrogen) atoms. The Morgan fingerprint density at radius 1 is 1.22 bits per heavy atom. The van der Waals surface area contributed by atoms with E-state index in [-0.39, 0.29) is 0 Å². The molecular formula is C20H30N6O. The molecule has 1 aromatic heterocycles. The number of nitrogens with one attached hydrogen (secondary N) is 3. The Kier molecular flexibility index (Phi) is 6.68. The largest absolute Gasteiger partial charge is 0.497 e. The molecule has 0 aliphatic heterocycles. The van der Waals surface area contributed by atoms with Crippen molar-refractivity contribution in [2.75, 3.05) is 13.7 Å². The Bertz CT molecular complexity index is 731. The summed E-state index contributed by atoms with van der Waals surface area (Å²) in [7, 11) is 1.65. The molecule has 1 heterocycles. The van der Waals surface area contributed by atoms with Crippen molar-refractivity contribution >= 4 is 5.96 Å². The van der Waals surface area contributed by atoms with Gasteiger partial charge in [0.2, 0.25) is 0 Å². The van der Waals surface area contributed by atoms with Crippen molar-refractivity contribution in [3.05, 3.63) is 30.1 Å². The molecule has 3 rings (SSSR count). The van der Waals surface area contributed by atoms with E-state index in [1.54, 1.807) is 7.11 Å². The molecule has 0 unspecified atom stereocenters. The topological polar surface area (TPSA) is 87.2 Å². The first kappa shape index (κ1) is 19.2. The van der Waals surface area contributed by atoms with E-state index in [2.05, 4.69) is 44.7 Å². The highest BCUT2D eigenvalue weighted by Crippen LogP contribution is 2.23. The van der Waals surface area contributed by atoms with Crippen LogP contribution in [0, 0.1) is 5.92 Å². The van der Waals surface area contributed by atoms with Crippen molar-refractivity contribution in [1.82, 2.24) is 25.8 Å². The number of ether oxygens (including phenoxy) is 1. The van der Waals surface area contributed by atoms with Crippen molar-refractivity contribution in [2.45, 2.75) is 52.1 Å². The molecular weight excluding hydrogens is 340 g/mol. The van der Waals surface area contributed by atoms with Crippen molar-refractivity contribution in [3.63, 3.8) is 0 Å². The molecule has 0 amide bonds. The SMILES string of the molecule is CCNC(=NCc1nc(-c2ccc(OC)cc2)n[nH]1)NC1CCC(C)CC1. The zero-order chi connectivity index (χ0) is 19.1. The van der Waals surface area contributed by atoms with Gasteiger partial charge in [-0.15, -0.1) is 0 Å². The molecule has 1 saturated carbocycles. The lowest BCUT2D eigenvalue weighted by atomic mass is 9.87. The highest BCUT2D eigenvalue weighted by Gasteiger charge is 2.18. The molecule has 0 bridgehead atoms. The number of methoxy groups -OCH3 is 1. The number of nitrogens with zero attached hydrogens (tertiary/aromatic N) is 3. The minimum absolute atomic E-state index is 0.460. The van der Waals surface area contributed by atoms with E-state index in [1.807, 2.05) is 24.3 Å². The first-order valence-corrected chi connectivity index (χ1v) is 9.78. The monoisotopic (exact) mass is 370 g/mol. The van der Waals surface area contributed by atoms with Crippen LogP contribution in [-0.2, 0) is 6.54 Å². The lowest BCUT2D eigenvalue weighted by molar-refractivity contribution is 0.329. The number of benzene rings is 1. The average Bonchev–Trinajstić information content (AvgIpc) is 3.17. The summed E-state index contributed by atoms with van der Waals surface area (Å²) in [6.07, 6.45) is 4.97. The van der Waals surface area contributed by atoms with E-state index in [1.165, 1.54) is 25.7 Å². The van der Waals surface area contributed by atoms with Crippen LogP contribution in [0.1, 0.15) is 45.4 Å². The van der Waals surface area contributed by atoms with Crippen LogP contribution >= 0.6 is 0 Å². The molecule has 7 nitrogen and oxygen atoms in total. The molecule has 0 spiro atoms. The van der Waals surface area contributed by atoms with Gasteiger partial charge in [-0.25, -0.2) is 9.98 Å². The first-order valence-electron chi connectivity index (χ1n) is 9.78. The third-order valence-corrected chi connectivity index (χ3v) is 4.97. The van der Waals surface area contributed by atoms with E-state index < -0.39 is 0 Å². The molecule has 146 valence electrons. The summed E-state index contributed by atoms with van der Waals surface area (Å²) in [6, 6.07) is 8.21. The van der Waals surface area contributed by atoms with Gasteiger partial charge in [-0.3, -0.25) is 5.10 Å². The average molecular weight is 371 g/mol. The molecule has 7 heteroatoms. The van der Waals surface area contributed by atoms with Crippen molar-refractivity contribution in [2.24, 2.45) is 10.9 Å². The normalized spacial score (nSPS) is 20.3. The quantitative estimate of drug-likeness (QED) is 0.537. The molecule has 0 radical (unpaired) electrons. The summed E-state index contributed by atoms with van der Waals surface area (Å²) in [5.74, 6) is 3.92. The minimum Gasteiger partial charge on any atom is -0.497 e. The summed E-state index contributed by atoms with van der Waals surface area (Å²) in [4.78, 5) is 9.23. The number of rotatable bonds is 6. The number of hydrogen-bond donors (Lipinski definition) is 3. The summed E-state index contributed by atoms with van der Waals surface area (Å²) in [5, 5.41) is 14.2. The Morgan fingerprint density at radius 2 is 1.96 bits per heavy atom. The Labute approximate surface area is 161 Å². The molecule has 0 saturated heterocycles. The van der Waals surface area contributed by atoms with Gasteiger partial charge in [-0.2, -0.15) is 5.10 Å². The molecule has 1 fully saturated rings. The van der Waals surface area contributed by atoms with Crippen LogP contribution in [0.25, 0.3) is 11.4 Å². The molecule has 3 N–H and O–H groups in total.